The molecule has 0 aliphatic carbocycles. The van der Waals surface area contributed by atoms with Crippen molar-refractivity contribution in [1.82, 2.24) is 5.32 Å². The first-order valence-corrected chi connectivity index (χ1v) is 9.71. The third-order valence-corrected chi connectivity index (χ3v) is 4.73. The Balaban J connectivity index is 2.11. The van der Waals surface area contributed by atoms with E-state index in [9.17, 15) is 4.79 Å². The van der Waals surface area contributed by atoms with Crippen molar-refractivity contribution in [3.8, 4) is 0 Å². The van der Waals surface area contributed by atoms with E-state index in [1.807, 2.05) is 12.1 Å². The number of benzene rings is 2. The molecule has 2 N–H and O–H groups in total. The van der Waals surface area contributed by atoms with Crippen LogP contribution in [0.3, 0.4) is 0 Å². The van der Waals surface area contributed by atoms with E-state index in [4.69, 9.17) is 28.6 Å². The van der Waals surface area contributed by atoms with Crippen molar-refractivity contribution in [2.45, 2.75) is 33.7 Å². The lowest BCUT2D eigenvalue weighted by Gasteiger charge is -2.26. The number of thiocarbonyl (C=S) groups is 1. The Hall–Kier alpha value is -2.11. The minimum Gasteiger partial charge on any atom is -0.462 e. The minimum absolute atomic E-state index is 0.0838. The molecule has 1 atom stereocenters. The van der Waals surface area contributed by atoms with E-state index in [2.05, 4.69) is 43.5 Å². The van der Waals surface area contributed by atoms with Crippen LogP contribution in [0.1, 0.15) is 48.3 Å². The molecule has 0 bridgehead atoms. The molecule has 0 fully saturated rings. The maximum atomic E-state index is 11.8. The molecule has 0 heterocycles. The Morgan fingerprint density at radius 2 is 1.93 bits per heavy atom. The van der Waals surface area contributed by atoms with Gasteiger partial charge in [-0.1, -0.05) is 49.7 Å². The third kappa shape index (κ3) is 5.68. The van der Waals surface area contributed by atoms with Crippen LogP contribution in [0.4, 0.5) is 5.69 Å². The van der Waals surface area contributed by atoms with Crippen LogP contribution in [-0.2, 0) is 4.74 Å². The van der Waals surface area contributed by atoms with Crippen molar-refractivity contribution in [2.24, 2.45) is 5.92 Å². The van der Waals surface area contributed by atoms with Gasteiger partial charge in [-0.05, 0) is 61.3 Å². The average molecular weight is 405 g/mol. The number of ether oxygens (including phenoxy) is 1. The Kier molecular flexibility index (Phi) is 7.63. The van der Waals surface area contributed by atoms with Gasteiger partial charge in [-0.25, -0.2) is 4.79 Å². The molecule has 27 heavy (non-hydrogen) atoms. The molecule has 0 aliphatic heterocycles. The number of halogens is 1. The molecular weight excluding hydrogens is 380 g/mol. The molecule has 0 spiro atoms. The van der Waals surface area contributed by atoms with E-state index in [1.165, 1.54) is 11.1 Å². The molecule has 2 rings (SSSR count). The molecular formula is C21H25ClN2O2S. The van der Waals surface area contributed by atoms with Crippen LogP contribution in [0.15, 0.2) is 42.5 Å². The van der Waals surface area contributed by atoms with Crippen LogP contribution in [0, 0.1) is 12.8 Å². The number of rotatable bonds is 6. The average Bonchev–Trinajstić information content (AvgIpc) is 2.60. The normalized spacial score (nSPS) is 11.8. The maximum absolute atomic E-state index is 11.8. The number of hydrogen-bond acceptors (Lipinski definition) is 3. The molecule has 0 saturated heterocycles. The van der Waals surface area contributed by atoms with E-state index in [0.29, 0.717) is 33.9 Å². The standard InChI is InChI=1S/C21H25ClN2O2S/c1-5-26-20(25)17-11-10-15(12-18(17)22)23-21(27)24-19(13(2)3)16-9-7-6-8-14(16)4/h6-13,19H,5H2,1-4H3,(H2,23,24,27). The highest BCUT2D eigenvalue weighted by Crippen LogP contribution is 2.25. The Labute approximate surface area is 171 Å². The summed E-state index contributed by atoms with van der Waals surface area (Å²) in [6.07, 6.45) is 0. The van der Waals surface area contributed by atoms with Crippen molar-refractivity contribution in [3.05, 3.63) is 64.2 Å². The van der Waals surface area contributed by atoms with Gasteiger partial charge in [0.1, 0.15) is 0 Å². The number of aryl methyl sites for hydroxylation is 1. The van der Waals surface area contributed by atoms with Gasteiger partial charge in [-0.15, -0.1) is 0 Å². The van der Waals surface area contributed by atoms with Gasteiger partial charge in [0, 0.05) is 5.69 Å². The fourth-order valence-corrected chi connectivity index (χ4v) is 3.32. The summed E-state index contributed by atoms with van der Waals surface area (Å²) in [7, 11) is 0. The minimum atomic E-state index is -0.436. The molecule has 2 aromatic rings. The molecule has 6 heteroatoms. The van der Waals surface area contributed by atoms with Gasteiger partial charge < -0.3 is 15.4 Å². The third-order valence-electron chi connectivity index (χ3n) is 4.20. The van der Waals surface area contributed by atoms with E-state index in [0.717, 1.165) is 0 Å². The molecule has 0 amide bonds. The highest BCUT2D eigenvalue weighted by Gasteiger charge is 2.19. The van der Waals surface area contributed by atoms with Crippen LogP contribution in [0.2, 0.25) is 5.02 Å². The van der Waals surface area contributed by atoms with Crippen molar-refractivity contribution in [3.63, 3.8) is 0 Å². The highest BCUT2D eigenvalue weighted by molar-refractivity contribution is 7.80. The van der Waals surface area contributed by atoms with Crippen LogP contribution < -0.4 is 10.6 Å². The first-order chi connectivity index (χ1) is 12.8. The zero-order valence-corrected chi connectivity index (χ0v) is 17.6. The fourth-order valence-electron chi connectivity index (χ4n) is 2.81. The molecule has 0 saturated carbocycles. The summed E-state index contributed by atoms with van der Waals surface area (Å²) in [5.74, 6) is -0.0881. The van der Waals surface area contributed by atoms with E-state index in [-0.39, 0.29) is 6.04 Å². The SMILES string of the molecule is CCOC(=O)c1ccc(NC(=S)NC(c2ccccc2C)C(C)C)cc1Cl. The van der Waals surface area contributed by atoms with Gasteiger partial charge in [-0.2, -0.15) is 0 Å². The van der Waals surface area contributed by atoms with Crippen molar-refractivity contribution < 1.29 is 9.53 Å². The van der Waals surface area contributed by atoms with E-state index < -0.39 is 5.97 Å². The zero-order chi connectivity index (χ0) is 20.0. The Bertz CT molecular complexity index is 824. The monoisotopic (exact) mass is 404 g/mol. The van der Waals surface area contributed by atoms with Crippen molar-refractivity contribution >= 4 is 40.6 Å². The first-order valence-electron chi connectivity index (χ1n) is 8.93. The lowest BCUT2D eigenvalue weighted by atomic mass is 9.93. The summed E-state index contributed by atoms with van der Waals surface area (Å²) in [4.78, 5) is 11.8. The lowest BCUT2D eigenvalue weighted by Crippen LogP contribution is -2.35. The second-order valence-electron chi connectivity index (χ2n) is 6.59. The summed E-state index contributed by atoms with van der Waals surface area (Å²) in [5, 5.41) is 7.34. The summed E-state index contributed by atoms with van der Waals surface area (Å²) in [6, 6.07) is 13.4. The van der Waals surface area contributed by atoms with E-state index >= 15 is 0 Å². The lowest BCUT2D eigenvalue weighted by molar-refractivity contribution is 0.0526. The second kappa shape index (κ2) is 9.72. The number of anilines is 1. The molecule has 4 nitrogen and oxygen atoms in total. The number of esters is 1. The highest BCUT2D eigenvalue weighted by atomic mass is 35.5. The number of carbonyl (C=O) groups excluding carboxylic acids is 1. The predicted molar refractivity (Wildman–Crippen MR) is 116 cm³/mol. The quantitative estimate of drug-likeness (QED) is 0.491. The van der Waals surface area contributed by atoms with Gasteiger partial charge >= 0.3 is 5.97 Å². The van der Waals surface area contributed by atoms with Crippen molar-refractivity contribution in [1.29, 1.82) is 0 Å². The maximum Gasteiger partial charge on any atom is 0.339 e. The number of carbonyl (C=O) groups is 1. The predicted octanol–water partition coefficient (Wildman–Crippen LogP) is 5.51. The van der Waals surface area contributed by atoms with E-state index in [1.54, 1.807) is 25.1 Å². The fraction of sp³-hybridized carbons (Fsp3) is 0.333. The molecule has 0 aliphatic rings. The Morgan fingerprint density at radius 3 is 2.52 bits per heavy atom. The topological polar surface area (TPSA) is 50.4 Å². The number of nitrogens with one attached hydrogen (secondary N) is 2. The first kappa shape index (κ1) is 21.2. The Morgan fingerprint density at radius 1 is 1.22 bits per heavy atom. The molecule has 0 aromatic heterocycles. The summed E-state index contributed by atoms with van der Waals surface area (Å²) < 4.78 is 4.99. The van der Waals surface area contributed by atoms with Gasteiger partial charge in [0.25, 0.3) is 0 Å². The summed E-state index contributed by atoms with van der Waals surface area (Å²) in [5.41, 5.74) is 3.47. The molecule has 1 unspecified atom stereocenters. The smallest absolute Gasteiger partial charge is 0.339 e. The number of hydrogen-bond donors (Lipinski definition) is 2. The summed E-state index contributed by atoms with van der Waals surface area (Å²) >= 11 is 11.7. The van der Waals surface area contributed by atoms with Crippen LogP contribution >= 0.6 is 23.8 Å². The van der Waals surface area contributed by atoms with Gasteiger partial charge in [-0.3, -0.25) is 0 Å². The van der Waals surface area contributed by atoms with Gasteiger partial charge in [0.2, 0.25) is 0 Å². The van der Waals surface area contributed by atoms with Crippen LogP contribution in [0.25, 0.3) is 0 Å². The zero-order valence-electron chi connectivity index (χ0n) is 16.0. The summed E-state index contributed by atoms with van der Waals surface area (Å²) in [6.45, 7) is 8.45. The molecule has 2 aromatic carbocycles. The van der Waals surface area contributed by atoms with Gasteiger partial charge in [0.15, 0.2) is 5.11 Å². The molecule has 0 radical (unpaired) electrons. The van der Waals surface area contributed by atoms with Gasteiger partial charge in [0.05, 0.1) is 23.2 Å². The second-order valence-corrected chi connectivity index (χ2v) is 7.41. The largest absolute Gasteiger partial charge is 0.462 e. The van der Waals surface area contributed by atoms with Crippen molar-refractivity contribution in [2.75, 3.05) is 11.9 Å². The van der Waals surface area contributed by atoms with Crippen LogP contribution in [-0.4, -0.2) is 17.7 Å². The molecule has 144 valence electrons. The van der Waals surface area contributed by atoms with Crippen LogP contribution in [0.5, 0.6) is 0 Å².